The predicted octanol–water partition coefficient (Wildman–Crippen LogP) is 5.18. The van der Waals surface area contributed by atoms with Crippen LogP contribution in [0.5, 0.6) is 0 Å². The Bertz CT molecular complexity index is 1580. The van der Waals surface area contributed by atoms with Crippen molar-refractivity contribution in [3.05, 3.63) is 102 Å². The molecule has 9 heteroatoms. The number of nitrogens with zero attached hydrogens (tertiary/aromatic N) is 6. The summed E-state index contributed by atoms with van der Waals surface area (Å²) < 4.78 is 6.94. The summed E-state index contributed by atoms with van der Waals surface area (Å²) in [5.41, 5.74) is 3.09. The van der Waals surface area contributed by atoms with Gasteiger partial charge >= 0.3 is 5.97 Å². The van der Waals surface area contributed by atoms with E-state index in [1.807, 2.05) is 66.7 Å². The lowest BCUT2D eigenvalue weighted by atomic mass is 9.95. The summed E-state index contributed by atoms with van der Waals surface area (Å²) in [6.45, 7) is 1.91. The van der Waals surface area contributed by atoms with E-state index in [4.69, 9.17) is 4.74 Å². The smallest absolute Gasteiger partial charge is 0.342 e. The lowest BCUT2D eigenvalue weighted by molar-refractivity contribution is 0.0528. The van der Waals surface area contributed by atoms with E-state index in [0.29, 0.717) is 22.9 Å². The molecule has 2 aromatic carbocycles. The lowest BCUT2D eigenvalue weighted by Crippen LogP contribution is -2.15. The van der Waals surface area contributed by atoms with Gasteiger partial charge in [0.25, 0.3) is 0 Å². The molecule has 0 unspecified atom stereocenters. The van der Waals surface area contributed by atoms with Crippen LogP contribution in [0.4, 0.5) is 11.6 Å². The number of carbonyl (C=O) groups excluding carboxylic acids is 1. The Morgan fingerprint density at radius 2 is 1.68 bits per heavy atom. The van der Waals surface area contributed by atoms with E-state index in [0.717, 1.165) is 11.1 Å². The highest BCUT2D eigenvalue weighted by Gasteiger charge is 2.27. The number of anilines is 2. The third kappa shape index (κ3) is 4.63. The van der Waals surface area contributed by atoms with Crippen molar-refractivity contribution >= 4 is 17.6 Å². The highest BCUT2D eigenvalue weighted by molar-refractivity contribution is 6.05. The Kier molecular flexibility index (Phi) is 6.63. The molecule has 0 spiro atoms. The summed E-state index contributed by atoms with van der Waals surface area (Å²) in [6, 6.07) is 26.4. The van der Waals surface area contributed by atoms with Crippen molar-refractivity contribution < 1.29 is 9.53 Å². The van der Waals surface area contributed by atoms with Crippen molar-refractivity contribution in [3.8, 4) is 34.3 Å². The molecular weight excluding hydrogens is 466 g/mol. The molecular formula is C28H21N7O2. The molecule has 1 N–H and O–H groups in total. The van der Waals surface area contributed by atoms with Crippen LogP contribution in [0.3, 0.4) is 0 Å². The molecule has 0 bridgehead atoms. The van der Waals surface area contributed by atoms with Crippen molar-refractivity contribution in [2.45, 2.75) is 6.92 Å². The first-order valence-electron chi connectivity index (χ1n) is 11.6. The largest absolute Gasteiger partial charge is 0.462 e. The fourth-order valence-corrected chi connectivity index (χ4v) is 3.93. The summed E-state index contributed by atoms with van der Waals surface area (Å²) in [6.07, 6.45) is 3.05. The molecule has 0 saturated carbocycles. The summed E-state index contributed by atoms with van der Waals surface area (Å²) in [7, 11) is 0. The minimum absolute atomic E-state index is 0.131. The molecule has 0 aliphatic heterocycles. The first kappa shape index (κ1) is 23.4. The van der Waals surface area contributed by atoms with Gasteiger partial charge in [-0.1, -0.05) is 66.7 Å². The van der Waals surface area contributed by atoms with Gasteiger partial charge in [-0.2, -0.15) is 15.0 Å². The molecule has 37 heavy (non-hydrogen) atoms. The number of carbonyl (C=O) groups is 1. The van der Waals surface area contributed by atoms with Gasteiger partial charge in [0.2, 0.25) is 0 Å². The van der Waals surface area contributed by atoms with Crippen LogP contribution >= 0.6 is 0 Å². The topological polar surface area (TPSA) is 119 Å². The van der Waals surface area contributed by atoms with Crippen LogP contribution in [0, 0.1) is 11.3 Å². The van der Waals surface area contributed by atoms with Crippen LogP contribution < -0.4 is 5.32 Å². The highest BCUT2D eigenvalue weighted by Crippen LogP contribution is 2.37. The average molecular weight is 488 g/mol. The molecule has 180 valence electrons. The molecule has 3 heterocycles. The Morgan fingerprint density at radius 1 is 0.973 bits per heavy atom. The SMILES string of the molecule is CCOC(=O)c1c(Nc2c(C#N)cnn2-c2ccccn2)nnc(-c2ccccc2)c1-c1ccccc1. The van der Waals surface area contributed by atoms with E-state index in [2.05, 4.69) is 31.7 Å². The van der Waals surface area contributed by atoms with Crippen LogP contribution in [0.25, 0.3) is 28.2 Å². The van der Waals surface area contributed by atoms with Crippen molar-refractivity contribution in [2.75, 3.05) is 11.9 Å². The molecule has 9 nitrogen and oxygen atoms in total. The number of nitrogens with one attached hydrogen (secondary N) is 1. The number of aromatic nitrogens is 5. The minimum atomic E-state index is -0.571. The van der Waals surface area contributed by atoms with Gasteiger partial charge in [0.15, 0.2) is 17.5 Å². The van der Waals surface area contributed by atoms with Crippen molar-refractivity contribution in [1.29, 1.82) is 5.26 Å². The average Bonchev–Trinajstić information content (AvgIpc) is 3.36. The van der Waals surface area contributed by atoms with Crippen LogP contribution in [0.1, 0.15) is 22.8 Å². The Hall–Kier alpha value is -5.36. The maximum Gasteiger partial charge on any atom is 0.342 e. The molecule has 0 amide bonds. The van der Waals surface area contributed by atoms with E-state index in [1.54, 1.807) is 25.3 Å². The van der Waals surface area contributed by atoms with Gasteiger partial charge in [-0.05, 0) is 24.6 Å². The number of ether oxygens (including phenoxy) is 1. The number of benzene rings is 2. The first-order chi connectivity index (χ1) is 18.2. The van der Waals surface area contributed by atoms with Crippen LogP contribution in [0.15, 0.2) is 91.3 Å². The van der Waals surface area contributed by atoms with Gasteiger partial charge in [0.05, 0.1) is 12.8 Å². The molecule has 0 atom stereocenters. The summed E-state index contributed by atoms with van der Waals surface area (Å²) >= 11 is 0. The Morgan fingerprint density at radius 3 is 2.32 bits per heavy atom. The fraction of sp³-hybridized carbons (Fsp3) is 0.0714. The second kappa shape index (κ2) is 10.5. The second-order valence-electron chi connectivity index (χ2n) is 7.84. The molecule has 0 aliphatic rings. The first-order valence-corrected chi connectivity index (χ1v) is 11.6. The van der Waals surface area contributed by atoms with E-state index in [-0.39, 0.29) is 23.6 Å². The molecule has 0 saturated heterocycles. The number of nitriles is 1. The molecule has 0 aliphatic carbocycles. The van der Waals surface area contributed by atoms with Gasteiger partial charge in [-0.3, -0.25) is 0 Å². The van der Waals surface area contributed by atoms with Crippen molar-refractivity contribution in [3.63, 3.8) is 0 Å². The quantitative estimate of drug-likeness (QED) is 0.312. The maximum atomic E-state index is 13.5. The second-order valence-corrected chi connectivity index (χ2v) is 7.84. The highest BCUT2D eigenvalue weighted by atomic mass is 16.5. The zero-order chi connectivity index (χ0) is 25.6. The zero-order valence-electron chi connectivity index (χ0n) is 19.9. The molecule has 5 aromatic rings. The number of hydrogen-bond donors (Lipinski definition) is 1. The zero-order valence-corrected chi connectivity index (χ0v) is 19.9. The number of pyridine rings is 1. The van der Waals surface area contributed by atoms with E-state index in [1.165, 1.54) is 10.9 Å². The van der Waals surface area contributed by atoms with E-state index < -0.39 is 5.97 Å². The van der Waals surface area contributed by atoms with E-state index >= 15 is 0 Å². The number of esters is 1. The third-order valence-electron chi connectivity index (χ3n) is 5.56. The number of rotatable bonds is 7. The summed E-state index contributed by atoms with van der Waals surface area (Å²) in [5, 5.41) is 26.1. The number of hydrogen-bond acceptors (Lipinski definition) is 8. The lowest BCUT2D eigenvalue weighted by Gasteiger charge is -2.18. The van der Waals surface area contributed by atoms with Crippen LogP contribution in [-0.2, 0) is 4.74 Å². The fourth-order valence-electron chi connectivity index (χ4n) is 3.93. The van der Waals surface area contributed by atoms with Crippen molar-refractivity contribution in [1.82, 2.24) is 25.0 Å². The molecule has 0 radical (unpaired) electrons. The van der Waals surface area contributed by atoms with Gasteiger partial charge in [0.1, 0.15) is 22.9 Å². The van der Waals surface area contributed by atoms with Crippen molar-refractivity contribution in [2.24, 2.45) is 0 Å². The summed E-state index contributed by atoms with van der Waals surface area (Å²) in [5.74, 6) is 0.346. The maximum absolute atomic E-state index is 13.5. The summed E-state index contributed by atoms with van der Waals surface area (Å²) in [4.78, 5) is 17.8. The van der Waals surface area contributed by atoms with Crippen LogP contribution in [-0.4, -0.2) is 37.5 Å². The van der Waals surface area contributed by atoms with Crippen LogP contribution in [0.2, 0.25) is 0 Å². The molecule has 0 fully saturated rings. The Balaban J connectivity index is 1.76. The predicted molar refractivity (Wildman–Crippen MR) is 138 cm³/mol. The standard InChI is InChI=1S/C28H21N7O2/c1-2-37-28(36)24-23(19-11-5-3-6-12-19)25(20-13-7-4-8-14-20)33-34-26(24)32-27-21(17-29)18-31-35(27)22-15-9-10-16-30-22/h3-16,18H,2H2,1H3,(H,32,34). The Labute approximate surface area is 213 Å². The van der Waals surface area contributed by atoms with E-state index in [9.17, 15) is 10.1 Å². The van der Waals surface area contributed by atoms with Gasteiger partial charge in [-0.15, -0.1) is 10.2 Å². The minimum Gasteiger partial charge on any atom is -0.462 e. The monoisotopic (exact) mass is 487 g/mol. The molecule has 3 aromatic heterocycles. The van der Waals surface area contributed by atoms with Gasteiger partial charge in [0, 0.05) is 17.3 Å². The van der Waals surface area contributed by atoms with Gasteiger partial charge in [-0.25, -0.2) is 9.78 Å². The normalized spacial score (nSPS) is 10.5. The molecule has 5 rings (SSSR count). The third-order valence-corrected chi connectivity index (χ3v) is 5.56. The van der Waals surface area contributed by atoms with Gasteiger partial charge < -0.3 is 10.1 Å².